The molecule has 0 fully saturated rings. The Balaban J connectivity index is 0.00000243. The number of nitrogen functional groups attached to an aromatic ring is 1. The van der Waals surface area contributed by atoms with E-state index in [4.69, 9.17) is 5.73 Å². The Morgan fingerprint density at radius 2 is 1.12 bits per heavy atom. The summed E-state index contributed by atoms with van der Waals surface area (Å²) in [6.45, 7) is 0. The van der Waals surface area contributed by atoms with Crippen molar-refractivity contribution in [3.05, 3.63) is 84.9 Å². The first-order valence-corrected chi connectivity index (χ1v) is 17.8. The molecule has 0 atom stereocenters. The van der Waals surface area contributed by atoms with Crippen molar-refractivity contribution >= 4 is 91.1 Å². The first-order chi connectivity index (χ1) is 22.9. The molecule has 16 nitrogen and oxygen atoms in total. The van der Waals surface area contributed by atoms with Gasteiger partial charge in [-0.25, -0.2) is 8.42 Å². The van der Waals surface area contributed by atoms with Crippen molar-refractivity contribution < 1.29 is 138 Å². The Labute approximate surface area is 362 Å². The van der Waals surface area contributed by atoms with Gasteiger partial charge >= 0.3 is 88.7 Å². The van der Waals surface area contributed by atoms with Gasteiger partial charge in [-0.2, -0.15) is 16.8 Å². The van der Waals surface area contributed by atoms with Gasteiger partial charge in [0.2, 0.25) is 0 Å². The summed E-state index contributed by atoms with van der Waals surface area (Å²) in [5.74, 6) is -1.62. The van der Waals surface area contributed by atoms with Gasteiger partial charge in [0.15, 0.2) is 0 Å². The van der Waals surface area contributed by atoms with E-state index in [1.54, 1.807) is 0 Å². The number of anilines is 1. The number of hydrogen-bond donors (Lipinski definition) is 3. The van der Waals surface area contributed by atoms with E-state index in [0.29, 0.717) is 0 Å². The van der Waals surface area contributed by atoms with E-state index in [1.165, 1.54) is 54.6 Å². The maximum Gasteiger partial charge on any atom is 1.00 e. The minimum absolute atomic E-state index is 0. The van der Waals surface area contributed by atoms with Crippen molar-refractivity contribution in [1.29, 1.82) is 0 Å². The van der Waals surface area contributed by atoms with Crippen LogP contribution in [0.4, 0.5) is 28.4 Å². The molecule has 250 valence electrons. The Bertz CT molecular complexity index is 2800. The van der Waals surface area contributed by atoms with Crippen LogP contribution in [0.1, 0.15) is 0 Å². The molecule has 0 heterocycles. The second-order valence-electron chi connectivity index (χ2n) is 10.4. The van der Waals surface area contributed by atoms with Crippen LogP contribution < -0.4 is 105 Å². The predicted molar refractivity (Wildman–Crippen MR) is 171 cm³/mol. The summed E-state index contributed by atoms with van der Waals surface area (Å²) < 4.78 is 103. The zero-order valence-electron chi connectivity index (χ0n) is 27.2. The van der Waals surface area contributed by atoms with Crippen LogP contribution in [-0.4, -0.2) is 38.9 Å². The molecule has 0 saturated carbocycles. The fourth-order valence-electron chi connectivity index (χ4n) is 5.03. The molecular weight excluding hydrogens is 772 g/mol. The topological polar surface area (TPSA) is 288 Å². The zero-order chi connectivity index (χ0) is 35.5. The molecule has 6 aromatic carbocycles. The van der Waals surface area contributed by atoms with Gasteiger partial charge in [-0.15, -0.1) is 20.5 Å². The Hall–Kier alpha value is -2.57. The van der Waals surface area contributed by atoms with Crippen LogP contribution in [0.15, 0.2) is 120 Å². The smallest absolute Gasteiger partial charge is 0.872 e. The molecule has 0 aliphatic rings. The normalized spacial score (nSPS) is 12.2. The first-order valence-electron chi connectivity index (χ1n) is 13.5. The van der Waals surface area contributed by atoms with Gasteiger partial charge in [0.25, 0.3) is 20.2 Å². The average Bonchev–Trinajstić information content (AvgIpc) is 3.01. The van der Waals surface area contributed by atoms with Crippen LogP contribution in [0.3, 0.4) is 0 Å². The maximum atomic E-state index is 13.3. The van der Waals surface area contributed by atoms with Gasteiger partial charge in [0, 0.05) is 21.8 Å². The Morgan fingerprint density at radius 3 is 1.73 bits per heavy atom. The molecule has 0 radical (unpaired) electrons. The average molecular weight is 790 g/mol. The molecule has 0 spiro atoms. The third-order valence-corrected chi connectivity index (χ3v) is 9.82. The third-order valence-electron chi connectivity index (χ3n) is 7.29. The summed E-state index contributed by atoms with van der Waals surface area (Å²) in [5, 5.41) is 42.2. The Morgan fingerprint density at radius 1 is 0.558 bits per heavy atom. The van der Waals surface area contributed by atoms with E-state index in [1.807, 2.05) is 0 Å². The summed E-state index contributed by atoms with van der Waals surface area (Å²) in [6, 6.07) is 16.9. The van der Waals surface area contributed by atoms with Gasteiger partial charge in [-0.3, -0.25) is 9.11 Å². The summed E-state index contributed by atoms with van der Waals surface area (Å²) in [6.07, 6.45) is 0. The number of hydrogen-bond acceptors (Lipinski definition) is 14. The summed E-state index contributed by atoms with van der Waals surface area (Å²) in [5.41, 5.74) is 5.12. The van der Waals surface area contributed by atoms with Crippen LogP contribution in [0.2, 0.25) is 0 Å². The molecule has 0 unspecified atom stereocenters. The molecule has 0 aliphatic heterocycles. The van der Waals surface area contributed by atoms with E-state index in [9.17, 15) is 49.1 Å². The van der Waals surface area contributed by atoms with E-state index < -0.39 is 62.2 Å². The molecule has 52 heavy (non-hydrogen) atoms. The summed E-state index contributed by atoms with van der Waals surface area (Å²) in [4.78, 5) is -2.20. The molecule has 6 aromatic rings. The quantitative estimate of drug-likeness (QED) is 0.0606. The van der Waals surface area contributed by atoms with Gasteiger partial charge in [-0.05, 0) is 76.8 Å². The molecule has 0 aliphatic carbocycles. The maximum absolute atomic E-state index is 13.3. The second kappa shape index (κ2) is 16.4. The van der Waals surface area contributed by atoms with Gasteiger partial charge in [0.05, 0.1) is 32.5 Å². The monoisotopic (exact) mass is 789 g/mol. The SMILES string of the molecule is Nc1ccc2c([O-])c(N=Nc3ccc(N=Nc4cccc5c([O-])cc(S(=O)(=O)O)cc45)c4ccc(S(=O)(=O)[O-])cc34)c(S(=O)(=O)O)cc2c1.[Na+].[Na+].[Na+]. The molecule has 22 heteroatoms. The van der Waals surface area contributed by atoms with Crippen molar-refractivity contribution in [3.8, 4) is 11.5 Å². The molecular formula is C30H18N5Na3O11S3. The minimum atomic E-state index is -5.01. The van der Waals surface area contributed by atoms with Gasteiger partial charge in [-0.1, -0.05) is 35.8 Å². The van der Waals surface area contributed by atoms with Gasteiger partial charge in [0.1, 0.15) is 15.0 Å². The summed E-state index contributed by atoms with van der Waals surface area (Å²) >= 11 is 0. The van der Waals surface area contributed by atoms with Crippen molar-refractivity contribution in [2.24, 2.45) is 20.5 Å². The largest absolute Gasteiger partial charge is 1.00 e. The van der Waals surface area contributed by atoms with Gasteiger partial charge < -0.3 is 20.5 Å². The molecule has 4 N–H and O–H groups in total. The number of azo groups is 2. The second-order valence-corrected chi connectivity index (χ2v) is 14.6. The number of nitrogens with zero attached hydrogens (tertiary/aromatic N) is 4. The fourth-order valence-corrected chi connectivity index (χ4v) is 6.71. The van der Waals surface area contributed by atoms with Crippen molar-refractivity contribution in [2.45, 2.75) is 14.7 Å². The number of rotatable bonds is 7. The molecule has 0 bridgehead atoms. The third kappa shape index (κ3) is 9.03. The predicted octanol–water partition coefficient (Wildman–Crippen LogP) is -3.88. The van der Waals surface area contributed by atoms with Crippen LogP contribution in [0, 0.1) is 0 Å². The summed E-state index contributed by atoms with van der Waals surface area (Å²) in [7, 11) is -14.8. The standard InChI is InChI=1S/C30H21N5O11S3.3Na/c31-16-4-6-19-15(10-16)11-28(49(44,45)46)29(30(19)37)35-34-26-9-8-25(20-7-5-17(12-22(20)26)47(38,39)40)33-32-24-3-1-2-21-23(24)13-18(14-27(21)36)48(41,42)43;;;/h1-14,36-37H,31H2,(H,38,39,40)(H,41,42,43)(H,44,45,46);;;/q;3*+1/p-3. The molecule has 6 rings (SSSR count). The van der Waals surface area contributed by atoms with Crippen molar-refractivity contribution in [1.82, 2.24) is 0 Å². The molecule has 0 aromatic heterocycles. The molecule has 0 amide bonds. The van der Waals surface area contributed by atoms with Crippen molar-refractivity contribution in [2.75, 3.05) is 5.73 Å². The Kier molecular flexibility index (Phi) is 13.8. The number of benzene rings is 6. The first kappa shape index (κ1) is 43.8. The van der Waals surface area contributed by atoms with E-state index >= 15 is 0 Å². The minimum Gasteiger partial charge on any atom is -0.872 e. The molecule has 0 saturated heterocycles. The zero-order valence-corrected chi connectivity index (χ0v) is 35.7. The number of fused-ring (bicyclic) bond motifs is 3. The van der Waals surface area contributed by atoms with E-state index in [-0.39, 0.29) is 144 Å². The van der Waals surface area contributed by atoms with Crippen LogP contribution in [0.25, 0.3) is 32.3 Å². The van der Waals surface area contributed by atoms with Crippen molar-refractivity contribution in [3.63, 3.8) is 0 Å². The van der Waals surface area contributed by atoms with Crippen LogP contribution in [-0.2, 0) is 30.4 Å². The van der Waals surface area contributed by atoms with Crippen LogP contribution >= 0.6 is 0 Å². The number of nitrogens with two attached hydrogens (primary N) is 1. The van der Waals surface area contributed by atoms with E-state index in [2.05, 4.69) is 20.5 Å². The van der Waals surface area contributed by atoms with Crippen LogP contribution in [0.5, 0.6) is 11.5 Å². The fraction of sp³-hybridized carbons (Fsp3) is 0. The van der Waals surface area contributed by atoms with E-state index in [0.717, 1.165) is 30.3 Å².